The minimum Gasteiger partial charge on any atom is -0.390 e. The van der Waals surface area contributed by atoms with Crippen LogP contribution in [-0.2, 0) is 11.3 Å². The van der Waals surface area contributed by atoms with Gasteiger partial charge in [0, 0.05) is 44.7 Å². The molecule has 20 heavy (non-hydrogen) atoms. The van der Waals surface area contributed by atoms with E-state index in [9.17, 15) is 14.3 Å². The quantitative estimate of drug-likeness (QED) is 0.900. The summed E-state index contributed by atoms with van der Waals surface area (Å²) in [5.41, 5.74) is 0.690. The lowest BCUT2D eigenvalue weighted by molar-refractivity contribution is -0.129. The first-order chi connectivity index (χ1) is 9.45. The third-order valence-corrected chi connectivity index (χ3v) is 3.80. The first-order valence-electron chi connectivity index (χ1n) is 6.55. The molecule has 1 aromatic carbocycles. The molecule has 1 aliphatic rings. The summed E-state index contributed by atoms with van der Waals surface area (Å²) in [5.74, 6) is -0.375. The van der Waals surface area contributed by atoms with Crippen LogP contribution in [0, 0.1) is 5.82 Å². The summed E-state index contributed by atoms with van der Waals surface area (Å²) < 4.78 is 13.2. The molecule has 6 heteroatoms. The van der Waals surface area contributed by atoms with Crippen molar-refractivity contribution in [3.63, 3.8) is 0 Å². The van der Waals surface area contributed by atoms with E-state index in [0.29, 0.717) is 43.3 Å². The molecular weight excluding hydrogens is 283 g/mol. The molecule has 1 atom stereocenters. The first-order valence-corrected chi connectivity index (χ1v) is 6.93. The molecule has 1 heterocycles. The Bertz CT molecular complexity index is 498. The molecule has 1 aromatic rings. The number of amides is 1. The largest absolute Gasteiger partial charge is 0.390 e. The van der Waals surface area contributed by atoms with E-state index in [0.717, 1.165) is 0 Å². The van der Waals surface area contributed by atoms with Gasteiger partial charge in [0.15, 0.2) is 0 Å². The highest BCUT2D eigenvalue weighted by molar-refractivity contribution is 6.31. The molecule has 1 fully saturated rings. The fourth-order valence-corrected chi connectivity index (χ4v) is 2.57. The normalized spacial score (nSPS) is 20.8. The van der Waals surface area contributed by atoms with Crippen LogP contribution in [0.25, 0.3) is 0 Å². The molecule has 1 N–H and O–H groups in total. The highest BCUT2D eigenvalue weighted by Crippen LogP contribution is 2.19. The van der Waals surface area contributed by atoms with Crippen molar-refractivity contribution >= 4 is 17.5 Å². The third-order valence-electron chi connectivity index (χ3n) is 3.43. The van der Waals surface area contributed by atoms with Crippen molar-refractivity contribution in [2.24, 2.45) is 0 Å². The second-order valence-electron chi connectivity index (χ2n) is 5.09. The molecule has 4 nitrogen and oxygen atoms in total. The Balaban J connectivity index is 2.06. The topological polar surface area (TPSA) is 43.8 Å². The molecule has 0 saturated carbocycles. The van der Waals surface area contributed by atoms with Gasteiger partial charge in [0.05, 0.1) is 6.10 Å². The number of aliphatic hydroxyl groups excluding tert-OH is 1. The number of rotatable bonds is 2. The molecule has 0 spiro atoms. The molecule has 0 unspecified atom stereocenters. The Hall–Kier alpha value is -1.17. The van der Waals surface area contributed by atoms with Crippen molar-refractivity contribution in [1.82, 2.24) is 9.80 Å². The first kappa shape index (κ1) is 15.2. The minimum absolute atomic E-state index is 0.0466. The number of aliphatic hydroxyl groups is 1. The van der Waals surface area contributed by atoms with Gasteiger partial charge in [0.1, 0.15) is 5.82 Å². The highest BCUT2D eigenvalue weighted by atomic mass is 35.5. The summed E-state index contributed by atoms with van der Waals surface area (Å²) in [6, 6.07) is 4.26. The summed E-state index contributed by atoms with van der Waals surface area (Å²) >= 11 is 6.05. The van der Waals surface area contributed by atoms with Crippen LogP contribution in [0.3, 0.4) is 0 Å². The van der Waals surface area contributed by atoms with Crippen LogP contribution >= 0.6 is 11.6 Å². The van der Waals surface area contributed by atoms with Crippen molar-refractivity contribution in [3.8, 4) is 0 Å². The monoisotopic (exact) mass is 300 g/mol. The average Bonchev–Trinajstić information content (AvgIpc) is 2.55. The van der Waals surface area contributed by atoms with Crippen molar-refractivity contribution in [3.05, 3.63) is 34.6 Å². The molecule has 0 bridgehead atoms. The van der Waals surface area contributed by atoms with Crippen molar-refractivity contribution in [2.45, 2.75) is 19.6 Å². The number of carbonyl (C=O) groups is 1. The van der Waals surface area contributed by atoms with Gasteiger partial charge in [0.25, 0.3) is 0 Å². The maximum Gasteiger partial charge on any atom is 0.219 e. The van der Waals surface area contributed by atoms with Gasteiger partial charge in [0.2, 0.25) is 5.91 Å². The lowest BCUT2D eigenvalue weighted by atomic mass is 10.2. The number of carbonyl (C=O) groups excluding carboxylic acids is 1. The van der Waals surface area contributed by atoms with E-state index in [1.807, 2.05) is 4.90 Å². The molecule has 110 valence electrons. The Morgan fingerprint density at radius 2 is 2.20 bits per heavy atom. The standard InChI is InChI=1S/C14H18ClFN2O2/c1-10(19)18-5-4-17(8-13(20)9-18)7-11-6-12(16)2-3-14(11)15/h2-3,6,13,20H,4-5,7-9H2,1H3/t13-/m1/s1. The van der Waals surface area contributed by atoms with Gasteiger partial charge in [-0.25, -0.2) is 4.39 Å². The van der Waals surface area contributed by atoms with E-state index < -0.39 is 6.10 Å². The Kier molecular flexibility index (Phi) is 4.96. The lowest BCUT2D eigenvalue weighted by Gasteiger charge is -2.21. The van der Waals surface area contributed by atoms with Gasteiger partial charge >= 0.3 is 0 Å². The SMILES string of the molecule is CC(=O)N1CCN(Cc2cc(F)ccc2Cl)C[C@@H](O)C1. The van der Waals surface area contributed by atoms with Gasteiger partial charge in [-0.3, -0.25) is 9.69 Å². The number of benzene rings is 1. The highest BCUT2D eigenvalue weighted by Gasteiger charge is 2.23. The molecule has 0 radical (unpaired) electrons. The van der Waals surface area contributed by atoms with Gasteiger partial charge in [-0.1, -0.05) is 11.6 Å². The van der Waals surface area contributed by atoms with E-state index in [-0.39, 0.29) is 11.7 Å². The maximum atomic E-state index is 13.2. The average molecular weight is 301 g/mol. The molecule has 0 aromatic heterocycles. The van der Waals surface area contributed by atoms with E-state index in [1.54, 1.807) is 4.90 Å². The zero-order valence-corrected chi connectivity index (χ0v) is 12.1. The predicted octanol–water partition coefficient (Wildman–Crippen LogP) is 1.50. The number of β-amino-alcohol motifs (C(OH)–C–C–N with tert-alkyl or cyclic N) is 1. The second kappa shape index (κ2) is 6.52. The van der Waals surface area contributed by atoms with Crippen molar-refractivity contribution in [1.29, 1.82) is 0 Å². The zero-order valence-electron chi connectivity index (χ0n) is 11.4. The van der Waals surface area contributed by atoms with Crippen LogP contribution < -0.4 is 0 Å². The fourth-order valence-electron chi connectivity index (χ4n) is 2.39. The Labute approximate surface area is 122 Å². The summed E-state index contributed by atoms with van der Waals surface area (Å²) in [5, 5.41) is 10.4. The van der Waals surface area contributed by atoms with Crippen LogP contribution in [-0.4, -0.2) is 53.1 Å². The van der Waals surface area contributed by atoms with Gasteiger partial charge < -0.3 is 10.0 Å². The number of hydrogen-bond donors (Lipinski definition) is 1. The summed E-state index contributed by atoms with van der Waals surface area (Å²) in [6.45, 7) is 3.91. The zero-order chi connectivity index (χ0) is 14.7. The molecule has 1 saturated heterocycles. The third kappa shape index (κ3) is 3.91. The van der Waals surface area contributed by atoms with Crippen LogP contribution in [0.4, 0.5) is 4.39 Å². The summed E-state index contributed by atoms with van der Waals surface area (Å²) in [4.78, 5) is 15.0. The molecule has 0 aliphatic carbocycles. The lowest BCUT2D eigenvalue weighted by Crippen LogP contribution is -2.36. The smallest absolute Gasteiger partial charge is 0.219 e. The van der Waals surface area contributed by atoms with E-state index in [1.165, 1.54) is 25.1 Å². The summed E-state index contributed by atoms with van der Waals surface area (Å²) in [7, 11) is 0. The second-order valence-corrected chi connectivity index (χ2v) is 5.50. The minimum atomic E-state index is -0.603. The van der Waals surface area contributed by atoms with Gasteiger partial charge in [-0.2, -0.15) is 0 Å². The van der Waals surface area contributed by atoms with E-state index >= 15 is 0 Å². The number of hydrogen-bond acceptors (Lipinski definition) is 3. The van der Waals surface area contributed by atoms with Crippen LogP contribution in [0.15, 0.2) is 18.2 Å². The van der Waals surface area contributed by atoms with E-state index in [2.05, 4.69) is 0 Å². The molecule has 1 aliphatic heterocycles. The van der Waals surface area contributed by atoms with E-state index in [4.69, 9.17) is 11.6 Å². The van der Waals surface area contributed by atoms with Crippen LogP contribution in [0.1, 0.15) is 12.5 Å². The fraction of sp³-hybridized carbons (Fsp3) is 0.500. The Morgan fingerprint density at radius 1 is 1.45 bits per heavy atom. The van der Waals surface area contributed by atoms with Crippen molar-refractivity contribution < 1.29 is 14.3 Å². The van der Waals surface area contributed by atoms with Gasteiger partial charge in [-0.15, -0.1) is 0 Å². The Morgan fingerprint density at radius 3 is 2.90 bits per heavy atom. The number of halogens is 2. The number of nitrogens with zero attached hydrogens (tertiary/aromatic N) is 2. The van der Waals surface area contributed by atoms with Gasteiger partial charge in [-0.05, 0) is 23.8 Å². The molecule has 2 rings (SSSR count). The van der Waals surface area contributed by atoms with Crippen molar-refractivity contribution in [2.75, 3.05) is 26.2 Å². The molecular formula is C14H18ClFN2O2. The summed E-state index contributed by atoms with van der Waals surface area (Å²) in [6.07, 6.45) is -0.603. The predicted molar refractivity (Wildman–Crippen MR) is 74.9 cm³/mol. The molecule has 1 amide bonds. The van der Waals surface area contributed by atoms with Crippen LogP contribution in [0.2, 0.25) is 5.02 Å². The maximum absolute atomic E-state index is 13.2. The van der Waals surface area contributed by atoms with Crippen LogP contribution in [0.5, 0.6) is 0 Å².